The maximum absolute atomic E-state index is 5.50. The molecule has 5 aromatic rings. The summed E-state index contributed by atoms with van der Waals surface area (Å²) in [5.74, 6) is 2.06. The Morgan fingerprint density at radius 3 is 2.29 bits per heavy atom. The van der Waals surface area contributed by atoms with E-state index in [1.165, 1.54) is 0 Å². The summed E-state index contributed by atoms with van der Waals surface area (Å²) in [4.78, 5) is 20.4. The molecule has 2 aromatic carbocycles. The summed E-state index contributed by atoms with van der Waals surface area (Å²) in [5, 5.41) is 4.24. The Morgan fingerprint density at radius 1 is 0.853 bits per heavy atom. The lowest BCUT2D eigenvalue weighted by Gasteiger charge is -2.25. The van der Waals surface area contributed by atoms with Gasteiger partial charge in [-0.25, -0.2) is 15.0 Å². The molecule has 5 rings (SSSR count). The van der Waals surface area contributed by atoms with Crippen LogP contribution in [0, 0.1) is 0 Å². The molecule has 0 unspecified atom stereocenters. The molecule has 3 heterocycles. The van der Waals surface area contributed by atoms with Crippen LogP contribution in [-0.2, 0) is 13.6 Å². The fraction of sp³-hybridized carbons (Fsp3) is 0.160. The summed E-state index contributed by atoms with van der Waals surface area (Å²) >= 11 is 0. The number of benzene rings is 2. The molecule has 0 saturated heterocycles. The highest BCUT2D eigenvalue weighted by atomic mass is 16.5. The summed E-state index contributed by atoms with van der Waals surface area (Å²) in [6.07, 6.45) is 8.93. The fourth-order valence-corrected chi connectivity index (χ4v) is 3.69. The van der Waals surface area contributed by atoms with Crippen molar-refractivity contribution >= 4 is 22.4 Å². The zero-order valence-corrected chi connectivity index (χ0v) is 19.1. The molecule has 170 valence electrons. The second-order valence-corrected chi connectivity index (χ2v) is 7.65. The highest BCUT2D eigenvalue weighted by molar-refractivity contribution is 5.82. The van der Waals surface area contributed by atoms with Gasteiger partial charge in [-0.1, -0.05) is 0 Å². The van der Waals surface area contributed by atoms with Crippen molar-refractivity contribution in [2.24, 2.45) is 7.05 Å². The highest BCUT2D eigenvalue weighted by Gasteiger charge is 2.16. The Morgan fingerprint density at radius 2 is 1.62 bits per heavy atom. The lowest BCUT2D eigenvalue weighted by atomic mass is 10.2. The van der Waals surface area contributed by atoms with Crippen molar-refractivity contribution in [2.75, 3.05) is 19.1 Å². The normalized spacial score (nSPS) is 10.9. The Balaban J connectivity index is 1.62. The summed E-state index contributed by atoms with van der Waals surface area (Å²) in [5.41, 5.74) is 5.03. The Labute approximate surface area is 196 Å². The van der Waals surface area contributed by atoms with Gasteiger partial charge in [0.2, 0.25) is 0 Å². The van der Waals surface area contributed by atoms with Gasteiger partial charge in [0.15, 0.2) is 0 Å². The first-order chi connectivity index (χ1) is 16.6. The number of methoxy groups -OCH3 is 2. The average Bonchev–Trinajstić information content (AvgIpc) is 3.33. The molecule has 0 aliphatic rings. The van der Waals surface area contributed by atoms with E-state index in [4.69, 9.17) is 14.5 Å². The van der Waals surface area contributed by atoms with Crippen LogP contribution in [-0.4, -0.2) is 43.9 Å². The van der Waals surface area contributed by atoms with Gasteiger partial charge < -0.3 is 14.4 Å². The molecule has 0 amide bonds. The van der Waals surface area contributed by atoms with E-state index < -0.39 is 0 Å². The molecule has 0 spiro atoms. The van der Waals surface area contributed by atoms with E-state index >= 15 is 0 Å². The van der Waals surface area contributed by atoms with Crippen molar-refractivity contribution in [3.05, 3.63) is 79.3 Å². The van der Waals surface area contributed by atoms with E-state index in [1.807, 2.05) is 49.6 Å². The third-order valence-electron chi connectivity index (χ3n) is 5.40. The molecule has 9 heteroatoms. The number of rotatable bonds is 7. The maximum Gasteiger partial charge on any atom is 0.147 e. The van der Waals surface area contributed by atoms with Crippen LogP contribution < -0.4 is 14.4 Å². The lowest BCUT2D eigenvalue weighted by Crippen LogP contribution is -2.18. The number of hydrogen-bond donors (Lipinski definition) is 0. The highest BCUT2D eigenvalue weighted by Crippen LogP contribution is 2.35. The number of aromatic nitrogens is 6. The summed E-state index contributed by atoms with van der Waals surface area (Å²) in [7, 11) is 5.14. The smallest absolute Gasteiger partial charge is 0.147 e. The van der Waals surface area contributed by atoms with Crippen molar-refractivity contribution in [1.82, 2.24) is 29.7 Å². The Hall–Kier alpha value is -4.53. The number of aryl methyl sites for hydroxylation is 1. The van der Waals surface area contributed by atoms with Crippen LogP contribution in [0.4, 0.5) is 11.4 Å². The average molecular weight is 454 g/mol. The largest absolute Gasteiger partial charge is 0.497 e. The predicted molar refractivity (Wildman–Crippen MR) is 129 cm³/mol. The molecule has 0 bridgehead atoms. The minimum atomic E-state index is 0.443. The first kappa shape index (κ1) is 21.3. The van der Waals surface area contributed by atoms with E-state index in [-0.39, 0.29) is 0 Å². The van der Waals surface area contributed by atoms with Gasteiger partial charge in [-0.05, 0) is 24.3 Å². The first-order valence-corrected chi connectivity index (χ1v) is 10.7. The molecular formula is C25H23N7O2. The second-order valence-electron chi connectivity index (χ2n) is 7.65. The van der Waals surface area contributed by atoms with E-state index in [9.17, 15) is 0 Å². The number of fused-ring (bicyclic) bond motifs is 1. The van der Waals surface area contributed by atoms with Crippen LogP contribution in [0.5, 0.6) is 11.5 Å². The first-order valence-electron chi connectivity index (χ1n) is 10.7. The SMILES string of the molecule is COc1cc(OC)cc(N(Cc2ncccn2)c2ccc3ncc(-c4cnn(C)c4)nc3c2)c1. The second kappa shape index (κ2) is 9.14. The van der Waals surface area contributed by atoms with Crippen molar-refractivity contribution < 1.29 is 9.47 Å². The van der Waals surface area contributed by atoms with Gasteiger partial charge in [-0.2, -0.15) is 5.10 Å². The number of nitrogens with zero attached hydrogens (tertiary/aromatic N) is 7. The van der Waals surface area contributed by atoms with Gasteiger partial charge in [0.05, 0.1) is 49.9 Å². The summed E-state index contributed by atoms with van der Waals surface area (Å²) < 4.78 is 12.8. The van der Waals surface area contributed by atoms with Crippen LogP contribution in [0.25, 0.3) is 22.3 Å². The van der Waals surface area contributed by atoms with Crippen molar-refractivity contribution in [3.8, 4) is 22.8 Å². The molecule has 0 fully saturated rings. The zero-order chi connectivity index (χ0) is 23.5. The Kier molecular flexibility index (Phi) is 5.73. The number of hydrogen-bond acceptors (Lipinski definition) is 8. The van der Waals surface area contributed by atoms with E-state index in [2.05, 4.69) is 25.0 Å². The predicted octanol–water partition coefficient (Wildman–Crippen LogP) is 4.18. The van der Waals surface area contributed by atoms with Crippen LogP contribution in [0.15, 0.2) is 73.4 Å². The van der Waals surface area contributed by atoms with Gasteiger partial charge in [0.1, 0.15) is 17.3 Å². The molecule has 0 radical (unpaired) electrons. The number of ether oxygens (including phenoxy) is 2. The molecule has 0 aliphatic carbocycles. The van der Waals surface area contributed by atoms with Crippen LogP contribution in [0.3, 0.4) is 0 Å². The minimum Gasteiger partial charge on any atom is -0.497 e. The quantitative estimate of drug-likeness (QED) is 0.363. The van der Waals surface area contributed by atoms with Crippen LogP contribution in [0.2, 0.25) is 0 Å². The third kappa shape index (κ3) is 4.36. The molecular weight excluding hydrogens is 430 g/mol. The monoisotopic (exact) mass is 453 g/mol. The van der Waals surface area contributed by atoms with Crippen molar-refractivity contribution in [1.29, 1.82) is 0 Å². The number of anilines is 2. The molecule has 34 heavy (non-hydrogen) atoms. The topological polar surface area (TPSA) is 91.1 Å². The van der Waals surface area contributed by atoms with Crippen LogP contribution in [0.1, 0.15) is 5.82 Å². The third-order valence-corrected chi connectivity index (χ3v) is 5.40. The molecule has 0 N–H and O–H groups in total. The van der Waals surface area contributed by atoms with Crippen LogP contribution >= 0.6 is 0 Å². The van der Waals surface area contributed by atoms with E-state index in [1.54, 1.807) is 49.8 Å². The van der Waals surface area contributed by atoms with Gasteiger partial charge in [0, 0.05) is 60.8 Å². The Bertz CT molecular complexity index is 1410. The summed E-state index contributed by atoms with van der Waals surface area (Å²) in [6, 6.07) is 13.5. The summed E-state index contributed by atoms with van der Waals surface area (Å²) in [6.45, 7) is 0.443. The molecule has 3 aromatic heterocycles. The van der Waals surface area contributed by atoms with Gasteiger partial charge >= 0.3 is 0 Å². The van der Waals surface area contributed by atoms with Gasteiger partial charge in [0.25, 0.3) is 0 Å². The van der Waals surface area contributed by atoms with Crippen molar-refractivity contribution in [3.63, 3.8) is 0 Å². The minimum absolute atomic E-state index is 0.443. The lowest BCUT2D eigenvalue weighted by molar-refractivity contribution is 0.394. The van der Waals surface area contributed by atoms with Gasteiger partial charge in [-0.15, -0.1) is 0 Å². The van der Waals surface area contributed by atoms with Crippen molar-refractivity contribution in [2.45, 2.75) is 6.54 Å². The molecule has 0 atom stereocenters. The van der Waals surface area contributed by atoms with E-state index in [0.29, 0.717) is 23.9 Å². The maximum atomic E-state index is 5.50. The fourth-order valence-electron chi connectivity index (χ4n) is 3.69. The molecule has 0 saturated carbocycles. The van der Waals surface area contributed by atoms with Gasteiger partial charge in [-0.3, -0.25) is 9.67 Å². The van der Waals surface area contributed by atoms with E-state index in [0.717, 1.165) is 33.7 Å². The standard InChI is InChI=1S/C25H23N7O2/c1-31-15-17(13-29-31)24-14-28-22-6-5-18(11-23(22)30-24)32(16-25-26-7-4-8-27-25)19-9-20(33-2)12-21(10-19)34-3/h4-15H,16H2,1-3H3. The molecule has 9 nitrogen and oxygen atoms in total. The zero-order valence-electron chi connectivity index (χ0n) is 19.1. The molecule has 0 aliphatic heterocycles.